The number of nitrogens with zero attached hydrogens (tertiary/aromatic N) is 1. The Balaban J connectivity index is 3.48. The summed E-state index contributed by atoms with van der Waals surface area (Å²) in [6.07, 6.45) is -8.38. The van der Waals surface area contributed by atoms with Crippen molar-refractivity contribution in [3.05, 3.63) is 22.9 Å². The third-order valence-electron chi connectivity index (χ3n) is 1.85. The van der Waals surface area contributed by atoms with Crippen molar-refractivity contribution in [3.63, 3.8) is 0 Å². The topological polar surface area (TPSA) is 39.2 Å². The van der Waals surface area contributed by atoms with Crippen LogP contribution in [0.25, 0.3) is 0 Å². The number of hydrogen-bond donors (Lipinski definition) is 0. The Kier molecular flexibility index (Phi) is 5.08. The van der Waals surface area contributed by atoms with Crippen molar-refractivity contribution < 1.29 is 31.5 Å². The van der Waals surface area contributed by atoms with Gasteiger partial charge in [0, 0.05) is 10.9 Å². The Labute approximate surface area is 116 Å². The van der Waals surface area contributed by atoms with E-state index in [9.17, 15) is 26.7 Å². The molecule has 0 aliphatic rings. The van der Waals surface area contributed by atoms with E-state index in [0.29, 0.717) is 0 Å². The highest BCUT2D eigenvalue weighted by Crippen LogP contribution is 2.34. The van der Waals surface area contributed by atoms with E-state index in [4.69, 9.17) is 11.6 Å². The van der Waals surface area contributed by atoms with Gasteiger partial charge in [-0.1, -0.05) is 15.9 Å². The largest absolute Gasteiger partial charge is 0.574 e. The summed E-state index contributed by atoms with van der Waals surface area (Å²) in [4.78, 5) is 14.3. The zero-order chi connectivity index (χ0) is 14.8. The molecule has 0 aliphatic heterocycles. The van der Waals surface area contributed by atoms with Crippen LogP contribution in [0.3, 0.4) is 0 Å². The molecule has 3 nitrogen and oxygen atoms in total. The molecule has 0 bridgehead atoms. The van der Waals surface area contributed by atoms with Gasteiger partial charge in [0.05, 0.1) is 5.69 Å². The third-order valence-corrected chi connectivity index (χ3v) is 2.61. The summed E-state index contributed by atoms with van der Waals surface area (Å²) in [5.41, 5.74) is -2.22. The minimum Gasteiger partial charge on any atom is -0.387 e. The summed E-state index contributed by atoms with van der Waals surface area (Å²) in [6, 6.07) is 0.776. The van der Waals surface area contributed by atoms with Crippen LogP contribution in [0.15, 0.2) is 6.07 Å². The van der Waals surface area contributed by atoms with Crippen molar-refractivity contribution in [1.82, 2.24) is 4.98 Å². The zero-order valence-electron chi connectivity index (χ0n) is 8.77. The first-order valence-corrected chi connectivity index (χ1v) is 5.99. The van der Waals surface area contributed by atoms with Crippen LogP contribution in [0.1, 0.15) is 28.0 Å². The summed E-state index contributed by atoms with van der Waals surface area (Å²) in [7, 11) is 0. The summed E-state index contributed by atoms with van der Waals surface area (Å²) in [5, 5.41) is -1.61. The quantitative estimate of drug-likeness (QED) is 0.454. The zero-order valence-corrected chi connectivity index (χ0v) is 11.1. The summed E-state index contributed by atoms with van der Waals surface area (Å²) in [5.74, 6) is -1.29. The average molecular weight is 368 g/mol. The Morgan fingerprint density at radius 3 is 2.42 bits per heavy atom. The summed E-state index contributed by atoms with van der Waals surface area (Å²) >= 11 is 7.86. The van der Waals surface area contributed by atoms with Gasteiger partial charge < -0.3 is 4.74 Å². The number of ether oxygens (including phenoxy) is 1. The molecule has 0 saturated heterocycles. The monoisotopic (exact) mass is 367 g/mol. The van der Waals surface area contributed by atoms with Crippen LogP contribution < -0.4 is 4.74 Å². The first-order chi connectivity index (χ1) is 8.65. The Morgan fingerprint density at radius 1 is 1.47 bits per heavy atom. The van der Waals surface area contributed by atoms with E-state index in [1.54, 1.807) is 0 Å². The van der Waals surface area contributed by atoms with Crippen molar-refractivity contribution in [2.75, 3.05) is 0 Å². The number of halogens is 7. The van der Waals surface area contributed by atoms with E-state index < -0.39 is 35.0 Å². The van der Waals surface area contributed by atoms with Gasteiger partial charge in [-0.25, -0.2) is 13.8 Å². The van der Waals surface area contributed by atoms with Crippen LogP contribution in [-0.4, -0.2) is 16.6 Å². The van der Waals surface area contributed by atoms with Crippen molar-refractivity contribution in [2.24, 2.45) is 0 Å². The molecule has 106 valence electrons. The maximum Gasteiger partial charge on any atom is 0.574 e. The third kappa shape index (κ3) is 4.27. The van der Waals surface area contributed by atoms with Gasteiger partial charge in [0.25, 0.3) is 11.7 Å². The van der Waals surface area contributed by atoms with E-state index in [-0.39, 0.29) is 11.0 Å². The van der Waals surface area contributed by atoms with E-state index in [0.717, 1.165) is 6.07 Å². The maximum absolute atomic E-state index is 12.7. The molecule has 1 rings (SSSR count). The molecule has 0 radical (unpaired) electrons. The number of rotatable bonds is 4. The summed E-state index contributed by atoms with van der Waals surface area (Å²) < 4.78 is 65.3. The standard InChI is InChI=1S/C9H4BrClF5NO2/c10-2-3-1-4(7(12)13)5(6(11)18)8(17-3)19-9(14,15)16/h1,7H,2H2. The highest BCUT2D eigenvalue weighted by molar-refractivity contribution is 9.08. The fourth-order valence-corrected chi connectivity index (χ4v) is 1.69. The molecule has 1 aromatic heterocycles. The van der Waals surface area contributed by atoms with Gasteiger partial charge in [-0.3, -0.25) is 4.79 Å². The van der Waals surface area contributed by atoms with Crippen LogP contribution in [0.5, 0.6) is 5.88 Å². The highest BCUT2D eigenvalue weighted by Gasteiger charge is 2.35. The van der Waals surface area contributed by atoms with E-state index in [1.165, 1.54) is 0 Å². The van der Waals surface area contributed by atoms with E-state index >= 15 is 0 Å². The number of hydrogen-bond acceptors (Lipinski definition) is 3. The molecule has 0 atom stereocenters. The molecule has 0 spiro atoms. The lowest BCUT2D eigenvalue weighted by Crippen LogP contribution is -2.20. The molecule has 1 aromatic rings. The van der Waals surface area contributed by atoms with Crippen LogP contribution in [-0.2, 0) is 5.33 Å². The number of alkyl halides is 6. The number of aromatic nitrogens is 1. The first-order valence-electron chi connectivity index (χ1n) is 4.49. The summed E-state index contributed by atoms with van der Waals surface area (Å²) in [6.45, 7) is 0. The Morgan fingerprint density at radius 2 is 2.05 bits per heavy atom. The smallest absolute Gasteiger partial charge is 0.387 e. The molecule has 0 N–H and O–H groups in total. The lowest BCUT2D eigenvalue weighted by molar-refractivity contribution is -0.276. The predicted octanol–water partition coefficient (Wildman–Crippen LogP) is 4.19. The molecule has 0 saturated carbocycles. The van der Waals surface area contributed by atoms with Crippen molar-refractivity contribution in [1.29, 1.82) is 0 Å². The fraction of sp³-hybridized carbons (Fsp3) is 0.333. The van der Waals surface area contributed by atoms with Gasteiger partial charge in [0.15, 0.2) is 0 Å². The SMILES string of the molecule is O=C(Cl)c1c(C(F)F)cc(CBr)nc1OC(F)(F)F. The van der Waals surface area contributed by atoms with Gasteiger partial charge in [0.2, 0.25) is 5.88 Å². The second-order valence-corrected chi connectivity index (χ2v) is 4.04. The lowest BCUT2D eigenvalue weighted by atomic mass is 10.1. The van der Waals surface area contributed by atoms with Crippen LogP contribution in [0, 0.1) is 0 Å². The molecule has 0 amide bonds. The molecule has 0 aromatic carbocycles. The van der Waals surface area contributed by atoms with Crippen molar-refractivity contribution in [2.45, 2.75) is 18.1 Å². The van der Waals surface area contributed by atoms with Crippen LogP contribution >= 0.6 is 27.5 Å². The average Bonchev–Trinajstić information content (AvgIpc) is 2.24. The molecule has 0 fully saturated rings. The van der Waals surface area contributed by atoms with Gasteiger partial charge in [-0.15, -0.1) is 13.2 Å². The van der Waals surface area contributed by atoms with Crippen LogP contribution in [0.4, 0.5) is 22.0 Å². The van der Waals surface area contributed by atoms with Gasteiger partial charge in [0.1, 0.15) is 5.56 Å². The molecular weight excluding hydrogens is 364 g/mol. The maximum atomic E-state index is 12.7. The lowest BCUT2D eigenvalue weighted by Gasteiger charge is -2.14. The molecule has 1 heterocycles. The van der Waals surface area contributed by atoms with Gasteiger partial charge in [-0.05, 0) is 17.7 Å². The first kappa shape index (κ1) is 16.1. The van der Waals surface area contributed by atoms with Gasteiger partial charge in [-0.2, -0.15) is 0 Å². The van der Waals surface area contributed by atoms with Gasteiger partial charge >= 0.3 is 6.36 Å². The van der Waals surface area contributed by atoms with Crippen molar-refractivity contribution in [3.8, 4) is 5.88 Å². The second kappa shape index (κ2) is 6.00. The minimum atomic E-state index is -5.18. The molecule has 10 heteroatoms. The normalized spacial score (nSPS) is 11.8. The molecule has 19 heavy (non-hydrogen) atoms. The number of carbonyl (C=O) groups is 1. The highest BCUT2D eigenvalue weighted by atomic mass is 79.9. The number of carbonyl (C=O) groups excluding carboxylic acids is 1. The Bertz CT molecular complexity index is 494. The molecule has 0 unspecified atom stereocenters. The van der Waals surface area contributed by atoms with Crippen molar-refractivity contribution >= 4 is 32.8 Å². The Hall–Kier alpha value is -0.960. The molecular formula is C9H4BrClF5NO2. The predicted molar refractivity (Wildman–Crippen MR) is 58.7 cm³/mol. The second-order valence-electron chi connectivity index (χ2n) is 3.14. The molecule has 0 aliphatic carbocycles. The fourth-order valence-electron chi connectivity index (χ4n) is 1.22. The number of pyridine rings is 1. The van der Waals surface area contributed by atoms with E-state index in [2.05, 4.69) is 25.7 Å². The minimum absolute atomic E-state index is 0.0995. The van der Waals surface area contributed by atoms with E-state index in [1.807, 2.05) is 0 Å². The van der Waals surface area contributed by atoms with Crippen LogP contribution in [0.2, 0.25) is 0 Å².